The fourth-order valence-electron chi connectivity index (χ4n) is 1.01. The number of nitrogens with two attached hydrogens (primary N) is 1. The highest BCUT2D eigenvalue weighted by molar-refractivity contribution is 5.53. The first-order valence-electron chi connectivity index (χ1n) is 3.29. The maximum atomic E-state index is 8.62. The van der Waals surface area contributed by atoms with E-state index in [0.29, 0.717) is 11.4 Å². The van der Waals surface area contributed by atoms with E-state index >= 15 is 0 Å². The van der Waals surface area contributed by atoms with Crippen molar-refractivity contribution in [3.05, 3.63) is 22.9 Å². The van der Waals surface area contributed by atoms with Crippen molar-refractivity contribution in [1.29, 1.82) is 5.26 Å². The van der Waals surface area contributed by atoms with Crippen LogP contribution in [0.3, 0.4) is 0 Å². The first-order valence-corrected chi connectivity index (χ1v) is 3.29. The fraction of sp³-hybridized carbons (Fsp3) is 0.250. The summed E-state index contributed by atoms with van der Waals surface area (Å²) in [6.07, 6.45) is 0. The standard InChI is InChI=1S/C8H9N3/c1-5-3-6(2)11-8(10)7(5)4-9/h3H,1-2H3,(H2,10,11). The number of nitrogen functional groups attached to an aromatic ring is 1. The van der Waals surface area contributed by atoms with E-state index < -0.39 is 0 Å². The van der Waals surface area contributed by atoms with Crippen LogP contribution in [0.25, 0.3) is 0 Å². The predicted octanol–water partition coefficient (Wildman–Crippen LogP) is 1.15. The minimum Gasteiger partial charge on any atom is -0.383 e. The van der Waals surface area contributed by atoms with Gasteiger partial charge in [0.2, 0.25) is 0 Å². The van der Waals surface area contributed by atoms with Gasteiger partial charge in [-0.1, -0.05) is 0 Å². The van der Waals surface area contributed by atoms with E-state index in [1.807, 2.05) is 26.0 Å². The lowest BCUT2D eigenvalue weighted by Gasteiger charge is -2.01. The Balaban J connectivity index is 3.40. The zero-order valence-corrected chi connectivity index (χ0v) is 6.55. The molecular formula is C8H9N3. The second kappa shape index (κ2) is 2.59. The van der Waals surface area contributed by atoms with Gasteiger partial charge in [-0.2, -0.15) is 5.26 Å². The Morgan fingerprint density at radius 2 is 2.18 bits per heavy atom. The number of aryl methyl sites for hydroxylation is 2. The van der Waals surface area contributed by atoms with E-state index in [9.17, 15) is 0 Å². The van der Waals surface area contributed by atoms with Gasteiger partial charge in [-0.05, 0) is 25.5 Å². The number of anilines is 1. The van der Waals surface area contributed by atoms with Gasteiger partial charge in [-0.25, -0.2) is 4.98 Å². The molecule has 0 saturated carbocycles. The van der Waals surface area contributed by atoms with Gasteiger partial charge in [0.25, 0.3) is 0 Å². The second-order valence-electron chi connectivity index (χ2n) is 2.45. The molecule has 0 aliphatic rings. The molecule has 0 aliphatic carbocycles. The highest BCUT2D eigenvalue weighted by Gasteiger charge is 2.03. The Morgan fingerprint density at radius 3 is 2.64 bits per heavy atom. The number of aromatic nitrogens is 1. The van der Waals surface area contributed by atoms with E-state index in [1.165, 1.54) is 0 Å². The second-order valence-corrected chi connectivity index (χ2v) is 2.45. The van der Waals surface area contributed by atoms with Crippen molar-refractivity contribution in [2.75, 3.05) is 5.73 Å². The Bertz CT molecular complexity index is 300. The summed E-state index contributed by atoms with van der Waals surface area (Å²) in [5, 5.41) is 8.62. The summed E-state index contributed by atoms with van der Waals surface area (Å²) < 4.78 is 0. The molecule has 1 aromatic heterocycles. The van der Waals surface area contributed by atoms with Crippen LogP contribution in [0.2, 0.25) is 0 Å². The third kappa shape index (κ3) is 1.30. The quantitative estimate of drug-likeness (QED) is 0.598. The van der Waals surface area contributed by atoms with Crippen molar-refractivity contribution in [3.63, 3.8) is 0 Å². The monoisotopic (exact) mass is 147 g/mol. The van der Waals surface area contributed by atoms with Crippen LogP contribution >= 0.6 is 0 Å². The van der Waals surface area contributed by atoms with Crippen molar-refractivity contribution in [2.24, 2.45) is 0 Å². The van der Waals surface area contributed by atoms with Crippen molar-refractivity contribution in [2.45, 2.75) is 13.8 Å². The smallest absolute Gasteiger partial charge is 0.141 e. The van der Waals surface area contributed by atoms with Crippen LogP contribution < -0.4 is 5.73 Å². The van der Waals surface area contributed by atoms with Gasteiger partial charge in [0.1, 0.15) is 11.9 Å². The van der Waals surface area contributed by atoms with E-state index in [0.717, 1.165) is 11.3 Å². The molecule has 2 N–H and O–H groups in total. The fourth-order valence-corrected chi connectivity index (χ4v) is 1.01. The molecule has 0 spiro atoms. The van der Waals surface area contributed by atoms with Crippen LogP contribution in [-0.4, -0.2) is 4.98 Å². The molecule has 0 aliphatic heterocycles. The van der Waals surface area contributed by atoms with Gasteiger partial charge in [0.15, 0.2) is 0 Å². The van der Waals surface area contributed by atoms with Crippen LogP contribution in [0, 0.1) is 25.2 Å². The summed E-state index contributed by atoms with van der Waals surface area (Å²) in [6, 6.07) is 3.85. The normalized spacial score (nSPS) is 9.18. The number of hydrogen-bond acceptors (Lipinski definition) is 3. The molecule has 1 rings (SSSR count). The summed E-state index contributed by atoms with van der Waals surface area (Å²) in [7, 11) is 0. The molecule has 11 heavy (non-hydrogen) atoms. The van der Waals surface area contributed by atoms with Crippen LogP contribution in [0.5, 0.6) is 0 Å². The lowest BCUT2D eigenvalue weighted by atomic mass is 10.1. The number of pyridine rings is 1. The van der Waals surface area contributed by atoms with Gasteiger partial charge in [-0.3, -0.25) is 0 Å². The van der Waals surface area contributed by atoms with E-state index in [4.69, 9.17) is 11.0 Å². The summed E-state index contributed by atoms with van der Waals surface area (Å²) in [4.78, 5) is 3.96. The van der Waals surface area contributed by atoms with Crippen molar-refractivity contribution in [3.8, 4) is 6.07 Å². The average Bonchev–Trinajstić information content (AvgIpc) is 1.85. The number of hydrogen-bond donors (Lipinski definition) is 1. The first-order chi connectivity index (χ1) is 5.15. The highest BCUT2D eigenvalue weighted by atomic mass is 14.8. The molecule has 0 bridgehead atoms. The SMILES string of the molecule is Cc1cc(C)c(C#N)c(N)n1. The summed E-state index contributed by atoms with van der Waals surface area (Å²) >= 11 is 0. The van der Waals surface area contributed by atoms with Crippen LogP contribution in [0.1, 0.15) is 16.8 Å². The molecule has 3 heteroatoms. The Kier molecular flexibility index (Phi) is 1.77. The molecule has 0 unspecified atom stereocenters. The third-order valence-electron chi connectivity index (χ3n) is 1.48. The molecule has 0 saturated heterocycles. The molecule has 1 aromatic rings. The zero-order valence-electron chi connectivity index (χ0n) is 6.55. The Morgan fingerprint density at radius 1 is 1.55 bits per heavy atom. The van der Waals surface area contributed by atoms with Crippen molar-refractivity contribution < 1.29 is 0 Å². The van der Waals surface area contributed by atoms with Crippen LogP contribution in [-0.2, 0) is 0 Å². The minimum absolute atomic E-state index is 0.324. The van der Waals surface area contributed by atoms with E-state index in [2.05, 4.69) is 4.98 Å². The Hall–Kier alpha value is -1.56. The Labute approximate surface area is 65.5 Å². The summed E-state index contributed by atoms with van der Waals surface area (Å²) in [5.74, 6) is 0.324. The topological polar surface area (TPSA) is 62.7 Å². The number of rotatable bonds is 0. The molecular weight excluding hydrogens is 138 g/mol. The van der Waals surface area contributed by atoms with Crippen molar-refractivity contribution >= 4 is 5.82 Å². The molecule has 0 atom stereocenters. The van der Waals surface area contributed by atoms with Gasteiger partial charge in [-0.15, -0.1) is 0 Å². The lowest BCUT2D eigenvalue weighted by molar-refractivity contribution is 1.17. The number of nitriles is 1. The molecule has 0 radical (unpaired) electrons. The summed E-state index contributed by atoms with van der Waals surface area (Å²) in [5.41, 5.74) is 7.71. The van der Waals surface area contributed by atoms with Gasteiger partial charge in [0.05, 0.1) is 5.56 Å². The van der Waals surface area contributed by atoms with Gasteiger partial charge in [0, 0.05) is 5.69 Å². The van der Waals surface area contributed by atoms with E-state index in [1.54, 1.807) is 0 Å². The largest absolute Gasteiger partial charge is 0.383 e. The lowest BCUT2D eigenvalue weighted by Crippen LogP contribution is -1.98. The van der Waals surface area contributed by atoms with Gasteiger partial charge >= 0.3 is 0 Å². The maximum absolute atomic E-state index is 8.62. The summed E-state index contributed by atoms with van der Waals surface area (Å²) in [6.45, 7) is 3.70. The minimum atomic E-state index is 0.324. The molecule has 0 amide bonds. The predicted molar refractivity (Wildman–Crippen MR) is 42.8 cm³/mol. The maximum Gasteiger partial charge on any atom is 0.141 e. The highest BCUT2D eigenvalue weighted by Crippen LogP contribution is 2.13. The molecule has 0 aromatic carbocycles. The third-order valence-corrected chi connectivity index (χ3v) is 1.48. The molecule has 3 nitrogen and oxygen atoms in total. The van der Waals surface area contributed by atoms with Gasteiger partial charge < -0.3 is 5.73 Å². The number of nitrogens with zero attached hydrogens (tertiary/aromatic N) is 2. The van der Waals surface area contributed by atoms with Crippen LogP contribution in [0.15, 0.2) is 6.07 Å². The average molecular weight is 147 g/mol. The molecule has 1 heterocycles. The van der Waals surface area contributed by atoms with Crippen molar-refractivity contribution in [1.82, 2.24) is 4.98 Å². The first kappa shape index (κ1) is 7.55. The zero-order chi connectivity index (χ0) is 8.43. The van der Waals surface area contributed by atoms with Crippen LogP contribution in [0.4, 0.5) is 5.82 Å². The van der Waals surface area contributed by atoms with E-state index in [-0.39, 0.29) is 0 Å². The molecule has 56 valence electrons. The molecule has 0 fully saturated rings.